The Kier molecular flexibility index (Phi) is 3.04. The van der Waals surface area contributed by atoms with Gasteiger partial charge in [-0.2, -0.15) is 5.10 Å². The number of hydrogen-bond donors (Lipinski definition) is 2. The molecule has 0 fully saturated rings. The number of anilines is 1. The van der Waals surface area contributed by atoms with Gasteiger partial charge in [0.25, 0.3) is 0 Å². The van der Waals surface area contributed by atoms with E-state index in [1.54, 1.807) is 6.07 Å². The quantitative estimate of drug-likeness (QED) is 0.715. The van der Waals surface area contributed by atoms with E-state index in [-0.39, 0.29) is 5.91 Å². The molecular weight excluding hydrogens is 256 g/mol. The van der Waals surface area contributed by atoms with Crippen LogP contribution in [-0.4, -0.2) is 21.1 Å². The first-order chi connectivity index (χ1) is 9.70. The summed E-state index contributed by atoms with van der Waals surface area (Å²) in [6.45, 7) is 1.86. The molecule has 0 unspecified atom stereocenters. The third-order valence-corrected chi connectivity index (χ3v) is 2.64. The normalized spacial score (nSPS) is 11.2. The fraction of sp³-hybridized carbons (Fsp3) is 0.0714. The van der Waals surface area contributed by atoms with Gasteiger partial charge in [0.1, 0.15) is 5.52 Å². The van der Waals surface area contributed by atoms with E-state index in [2.05, 4.69) is 20.5 Å². The number of rotatable bonds is 3. The number of carbonyl (C=O) groups excluding carboxylic acids is 1. The van der Waals surface area contributed by atoms with Crippen LogP contribution in [0.5, 0.6) is 0 Å². The number of para-hydroxylation sites is 2. The van der Waals surface area contributed by atoms with E-state index < -0.39 is 0 Å². The maximum absolute atomic E-state index is 11.7. The minimum absolute atomic E-state index is 0.293. The highest BCUT2D eigenvalue weighted by Crippen LogP contribution is 2.15. The van der Waals surface area contributed by atoms with Crippen molar-refractivity contribution in [2.45, 2.75) is 6.92 Å². The summed E-state index contributed by atoms with van der Waals surface area (Å²) in [7, 11) is 0. The Morgan fingerprint density at radius 3 is 3.00 bits per heavy atom. The van der Waals surface area contributed by atoms with Gasteiger partial charge >= 0.3 is 0 Å². The van der Waals surface area contributed by atoms with E-state index in [9.17, 15) is 4.79 Å². The van der Waals surface area contributed by atoms with Crippen molar-refractivity contribution in [2.24, 2.45) is 0 Å². The predicted molar refractivity (Wildman–Crippen MR) is 75.0 cm³/mol. The lowest BCUT2D eigenvalue weighted by molar-refractivity contribution is -0.111. The van der Waals surface area contributed by atoms with Crippen molar-refractivity contribution in [1.29, 1.82) is 0 Å². The van der Waals surface area contributed by atoms with Crippen LogP contribution in [-0.2, 0) is 4.79 Å². The molecule has 0 aliphatic heterocycles. The Balaban J connectivity index is 1.71. The van der Waals surface area contributed by atoms with E-state index >= 15 is 0 Å². The summed E-state index contributed by atoms with van der Waals surface area (Å²) in [6, 6.07) is 9.17. The SMILES string of the molecule is Cc1cc(NC(=O)C=Cc2nc3ccccc3o2)n[nH]1. The summed E-state index contributed by atoms with van der Waals surface area (Å²) in [6.07, 6.45) is 2.88. The van der Waals surface area contributed by atoms with Crippen LogP contribution >= 0.6 is 0 Å². The first-order valence-corrected chi connectivity index (χ1v) is 6.07. The standard InChI is InChI=1S/C14H12N4O2/c1-9-8-12(18-17-9)16-13(19)6-7-14-15-10-4-2-3-5-11(10)20-14/h2-8H,1H3,(H2,16,17,18,19). The number of aromatic nitrogens is 3. The lowest BCUT2D eigenvalue weighted by Gasteiger charge is -1.94. The van der Waals surface area contributed by atoms with Crippen LogP contribution in [0.2, 0.25) is 0 Å². The van der Waals surface area contributed by atoms with Crippen LogP contribution in [0.1, 0.15) is 11.6 Å². The van der Waals surface area contributed by atoms with Gasteiger partial charge in [0.15, 0.2) is 11.4 Å². The molecule has 3 rings (SSSR count). The first-order valence-electron chi connectivity index (χ1n) is 6.07. The van der Waals surface area contributed by atoms with Gasteiger partial charge in [0.05, 0.1) is 0 Å². The molecule has 0 bridgehead atoms. The van der Waals surface area contributed by atoms with Crippen LogP contribution in [0.15, 0.2) is 40.8 Å². The second-order valence-corrected chi connectivity index (χ2v) is 4.28. The van der Waals surface area contributed by atoms with Gasteiger partial charge < -0.3 is 9.73 Å². The van der Waals surface area contributed by atoms with Crippen LogP contribution < -0.4 is 5.32 Å². The predicted octanol–water partition coefficient (Wildman–Crippen LogP) is 2.51. The third-order valence-electron chi connectivity index (χ3n) is 2.64. The maximum atomic E-state index is 11.7. The molecule has 2 N–H and O–H groups in total. The highest BCUT2D eigenvalue weighted by Gasteiger charge is 2.04. The minimum atomic E-state index is -0.293. The van der Waals surface area contributed by atoms with E-state index in [0.29, 0.717) is 17.3 Å². The van der Waals surface area contributed by atoms with Gasteiger partial charge in [-0.3, -0.25) is 9.89 Å². The topological polar surface area (TPSA) is 83.8 Å². The van der Waals surface area contributed by atoms with Crippen molar-refractivity contribution in [1.82, 2.24) is 15.2 Å². The molecule has 0 atom stereocenters. The average Bonchev–Trinajstić information content (AvgIpc) is 3.02. The summed E-state index contributed by atoms with van der Waals surface area (Å²) >= 11 is 0. The molecule has 0 saturated carbocycles. The molecule has 20 heavy (non-hydrogen) atoms. The largest absolute Gasteiger partial charge is 0.437 e. The summed E-state index contributed by atoms with van der Waals surface area (Å²) in [5.74, 6) is 0.577. The number of nitrogens with one attached hydrogen (secondary N) is 2. The van der Waals surface area contributed by atoms with Crippen molar-refractivity contribution in [3.8, 4) is 0 Å². The van der Waals surface area contributed by atoms with Crippen LogP contribution in [0, 0.1) is 6.92 Å². The van der Waals surface area contributed by atoms with E-state index in [4.69, 9.17) is 4.42 Å². The number of hydrogen-bond acceptors (Lipinski definition) is 4. The number of fused-ring (bicyclic) bond motifs is 1. The first kappa shape index (κ1) is 12.2. The zero-order valence-electron chi connectivity index (χ0n) is 10.8. The van der Waals surface area contributed by atoms with Crippen LogP contribution in [0.3, 0.4) is 0 Å². The van der Waals surface area contributed by atoms with Crippen molar-refractivity contribution < 1.29 is 9.21 Å². The van der Waals surface area contributed by atoms with E-state index in [1.165, 1.54) is 12.2 Å². The number of oxazole rings is 1. The molecule has 100 valence electrons. The van der Waals surface area contributed by atoms with Gasteiger partial charge in [-0.05, 0) is 19.1 Å². The van der Waals surface area contributed by atoms with Crippen molar-refractivity contribution in [3.05, 3.63) is 48.0 Å². The number of carbonyl (C=O) groups is 1. The number of aryl methyl sites for hydroxylation is 1. The number of aromatic amines is 1. The Labute approximate surface area is 114 Å². The molecular formula is C14H12N4O2. The lowest BCUT2D eigenvalue weighted by Crippen LogP contribution is -2.07. The zero-order chi connectivity index (χ0) is 13.9. The second kappa shape index (κ2) is 5.00. The number of benzene rings is 1. The maximum Gasteiger partial charge on any atom is 0.249 e. The van der Waals surface area contributed by atoms with Crippen molar-refractivity contribution in [3.63, 3.8) is 0 Å². The molecule has 2 heterocycles. The molecule has 3 aromatic rings. The summed E-state index contributed by atoms with van der Waals surface area (Å²) < 4.78 is 5.47. The van der Waals surface area contributed by atoms with Crippen LogP contribution in [0.25, 0.3) is 17.2 Å². The second-order valence-electron chi connectivity index (χ2n) is 4.28. The number of H-pyrrole nitrogens is 1. The van der Waals surface area contributed by atoms with Gasteiger partial charge in [0, 0.05) is 23.9 Å². The summed E-state index contributed by atoms with van der Waals surface area (Å²) in [4.78, 5) is 15.9. The van der Waals surface area contributed by atoms with Crippen molar-refractivity contribution >= 4 is 28.9 Å². The Morgan fingerprint density at radius 2 is 2.25 bits per heavy atom. The number of nitrogens with zero attached hydrogens (tertiary/aromatic N) is 2. The highest BCUT2D eigenvalue weighted by molar-refractivity contribution is 6.01. The van der Waals surface area contributed by atoms with E-state index in [1.807, 2.05) is 31.2 Å². The fourth-order valence-electron chi connectivity index (χ4n) is 1.76. The highest BCUT2D eigenvalue weighted by atomic mass is 16.3. The zero-order valence-corrected chi connectivity index (χ0v) is 10.8. The molecule has 0 radical (unpaired) electrons. The lowest BCUT2D eigenvalue weighted by atomic mass is 10.3. The Morgan fingerprint density at radius 1 is 1.40 bits per heavy atom. The average molecular weight is 268 g/mol. The third kappa shape index (κ3) is 2.59. The van der Waals surface area contributed by atoms with Gasteiger partial charge in [-0.1, -0.05) is 12.1 Å². The smallest absolute Gasteiger partial charge is 0.249 e. The molecule has 6 heteroatoms. The fourth-order valence-corrected chi connectivity index (χ4v) is 1.76. The summed E-state index contributed by atoms with van der Waals surface area (Å²) in [5, 5.41) is 9.29. The molecule has 0 saturated heterocycles. The summed E-state index contributed by atoms with van der Waals surface area (Å²) in [5.41, 5.74) is 2.33. The molecule has 0 aliphatic rings. The molecule has 6 nitrogen and oxygen atoms in total. The minimum Gasteiger partial charge on any atom is -0.437 e. The Hall–Kier alpha value is -2.89. The molecule has 1 aromatic carbocycles. The van der Waals surface area contributed by atoms with Crippen LogP contribution in [0.4, 0.5) is 5.82 Å². The molecule has 0 aliphatic carbocycles. The molecule has 0 spiro atoms. The number of amides is 1. The molecule has 2 aromatic heterocycles. The Bertz CT molecular complexity index is 752. The monoisotopic (exact) mass is 268 g/mol. The van der Waals surface area contributed by atoms with Crippen molar-refractivity contribution in [2.75, 3.05) is 5.32 Å². The van der Waals surface area contributed by atoms with Gasteiger partial charge in [-0.15, -0.1) is 0 Å². The molecule has 1 amide bonds. The van der Waals surface area contributed by atoms with Gasteiger partial charge in [-0.25, -0.2) is 4.98 Å². The van der Waals surface area contributed by atoms with Gasteiger partial charge in [0.2, 0.25) is 11.8 Å². The van der Waals surface area contributed by atoms with E-state index in [0.717, 1.165) is 11.2 Å².